The van der Waals surface area contributed by atoms with E-state index in [1.54, 1.807) is 0 Å². The Balaban J connectivity index is 1.35. The molecule has 1 N–H and O–H groups in total. The van der Waals surface area contributed by atoms with Crippen molar-refractivity contribution >= 4 is 5.97 Å². The molecule has 0 amide bonds. The highest BCUT2D eigenvalue weighted by Gasteiger charge is 2.28. The fraction of sp³-hybridized carbons (Fsp3) is 0.194. The van der Waals surface area contributed by atoms with Crippen molar-refractivity contribution in [1.29, 1.82) is 0 Å². The van der Waals surface area contributed by atoms with Gasteiger partial charge in [-0.05, 0) is 67.6 Å². The summed E-state index contributed by atoms with van der Waals surface area (Å²) in [6, 6.07) is 36.0. The van der Waals surface area contributed by atoms with Crippen LogP contribution in [0.3, 0.4) is 0 Å². The molecule has 0 aliphatic carbocycles. The number of hydrogen-bond donors (Lipinski definition) is 1. The molecule has 0 spiro atoms. The van der Waals surface area contributed by atoms with E-state index in [1.807, 2.05) is 104 Å². The molecule has 4 aromatic rings. The molecule has 4 rings (SSSR count). The van der Waals surface area contributed by atoms with E-state index in [0.717, 1.165) is 28.2 Å². The largest absolute Gasteiger partial charge is 0.457 e. The number of hydroxylamine groups is 1. The van der Waals surface area contributed by atoms with Crippen LogP contribution in [0.1, 0.15) is 35.6 Å². The maximum Gasteiger partial charge on any atom is 0.325 e. The Labute approximate surface area is 207 Å². The van der Waals surface area contributed by atoms with Crippen molar-refractivity contribution in [2.75, 3.05) is 0 Å². The molecule has 1 atom stereocenters. The maximum absolute atomic E-state index is 12.6. The zero-order chi connectivity index (χ0) is 24.5. The molecular formula is C31H31NO3. The minimum atomic E-state index is -0.555. The van der Waals surface area contributed by atoms with Crippen LogP contribution in [0, 0.1) is 6.92 Å². The zero-order valence-corrected chi connectivity index (χ0v) is 20.2. The predicted octanol–water partition coefficient (Wildman–Crippen LogP) is 6.93. The molecule has 4 heteroatoms. The second kappa shape index (κ2) is 11.5. The summed E-state index contributed by atoms with van der Waals surface area (Å²) in [6.45, 7) is 4.09. The molecule has 0 radical (unpaired) electrons. The fourth-order valence-electron chi connectivity index (χ4n) is 3.98. The van der Waals surface area contributed by atoms with Crippen molar-refractivity contribution in [2.24, 2.45) is 0 Å². The molecule has 0 heterocycles. The van der Waals surface area contributed by atoms with Crippen molar-refractivity contribution in [3.8, 4) is 11.5 Å². The molecule has 0 bridgehead atoms. The fourth-order valence-corrected chi connectivity index (χ4v) is 3.98. The predicted molar refractivity (Wildman–Crippen MR) is 139 cm³/mol. The monoisotopic (exact) mass is 465 g/mol. The van der Waals surface area contributed by atoms with Gasteiger partial charge < -0.3 is 9.57 Å². The summed E-state index contributed by atoms with van der Waals surface area (Å²) < 4.78 is 5.95. The highest BCUT2D eigenvalue weighted by Crippen LogP contribution is 2.26. The minimum absolute atomic E-state index is 0.261. The van der Waals surface area contributed by atoms with Crippen molar-refractivity contribution in [3.63, 3.8) is 0 Å². The highest BCUT2D eigenvalue weighted by molar-refractivity contribution is 5.69. The summed E-state index contributed by atoms with van der Waals surface area (Å²) in [4.78, 5) is 18.2. The lowest BCUT2D eigenvalue weighted by Crippen LogP contribution is -2.42. The number of aryl methyl sites for hydroxylation is 2. The van der Waals surface area contributed by atoms with Gasteiger partial charge in [0.25, 0.3) is 0 Å². The van der Waals surface area contributed by atoms with Gasteiger partial charge in [-0.25, -0.2) is 0 Å². The smallest absolute Gasteiger partial charge is 0.325 e. The zero-order valence-electron chi connectivity index (χ0n) is 20.2. The van der Waals surface area contributed by atoms with E-state index in [1.165, 1.54) is 5.56 Å². The molecule has 0 aromatic heterocycles. The Morgan fingerprint density at radius 2 is 1.43 bits per heavy atom. The third-order valence-corrected chi connectivity index (χ3v) is 5.97. The maximum atomic E-state index is 12.6. The Kier molecular flexibility index (Phi) is 7.96. The van der Waals surface area contributed by atoms with Gasteiger partial charge in [0, 0.05) is 0 Å². The summed E-state index contributed by atoms with van der Waals surface area (Å²) in [7, 11) is 0. The quantitative estimate of drug-likeness (QED) is 0.258. The van der Waals surface area contributed by atoms with Crippen LogP contribution in [0.25, 0.3) is 0 Å². The van der Waals surface area contributed by atoms with Crippen LogP contribution >= 0.6 is 0 Å². The molecule has 0 aliphatic rings. The van der Waals surface area contributed by atoms with Gasteiger partial charge in [0.15, 0.2) is 0 Å². The number of hydrogen-bond acceptors (Lipinski definition) is 4. The lowest BCUT2D eigenvalue weighted by atomic mass is 9.86. The van der Waals surface area contributed by atoms with Gasteiger partial charge in [-0.3, -0.25) is 4.79 Å². The molecule has 4 nitrogen and oxygen atoms in total. The lowest BCUT2D eigenvalue weighted by Gasteiger charge is -2.30. The van der Waals surface area contributed by atoms with Gasteiger partial charge >= 0.3 is 5.97 Å². The number of carbonyl (C=O) groups is 1. The van der Waals surface area contributed by atoms with E-state index < -0.39 is 5.54 Å². The minimum Gasteiger partial charge on any atom is -0.457 e. The average molecular weight is 466 g/mol. The summed E-state index contributed by atoms with van der Waals surface area (Å²) in [5.74, 6) is 1.23. The summed E-state index contributed by atoms with van der Waals surface area (Å²) in [5, 5.41) is 0. The van der Waals surface area contributed by atoms with Crippen LogP contribution in [0.5, 0.6) is 11.5 Å². The normalized spacial score (nSPS) is 12.5. The van der Waals surface area contributed by atoms with E-state index in [4.69, 9.17) is 9.57 Å². The van der Waals surface area contributed by atoms with Crippen molar-refractivity contribution in [1.82, 2.24) is 5.48 Å². The summed E-state index contributed by atoms with van der Waals surface area (Å²) in [6.07, 6.45) is 1.51. The molecule has 0 saturated heterocycles. The first kappa shape index (κ1) is 24.2. The van der Waals surface area contributed by atoms with Gasteiger partial charge in [-0.1, -0.05) is 90.5 Å². The molecular weight excluding hydrogens is 434 g/mol. The van der Waals surface area contributed by atoms with Crippen LogP contribution < -0.4 is 10.2 Å². The Morgan fingerprint density at radius 3 is 2.14 bits per heavy atom. The van der Waals surface area contributed by atoms with Crippen molar-refractivity contribution in [3.05, 3.63) is 131 Å². The Bertz CT molecular complexity index is 1220. The number of rotatable bonds is 10. The van der Waals surface area contributed by atoms with Crippen LogP contribution in [0.15, 0.2) is 109 Å². The van der Waals surface area contributed by atoms with E-state index in [-0.39, 0.29) is 12.4 Å². The first-order valence-corrected chi connectivity index (χ1v) is 11.9. The number of nitrogens with one attached hydrogen (secondary N) is 1. The van der Waals surface area contributed by atoms with Crippen LogP contribution in [0.4, 0.5) is 0 Å². The summed E-state index contributed by atoms with van der Waals surface area (Å²) >= 11 is 0. The molecule has 0 fully saturated rings. The second-order valence-electron chi connectivity index (χ2n) is 9.00. The second-order valence-corrected chi connectivity index (χ2v) is 9.00. The molecule has 35 heavy (non-hydrogen) atoms. The average Bonchev–Trinajstić information content (AvgIpc) is 2.89. The van der Waals surface area contributed by atoms with E-state index >= 15 is 0 Å². The third kappa shape index (κ3) is 7.05. The van der Waals surface area contributed by atoms with Gasteiger partial charge in [0.1, 0.15) is 11.5 Å². The highest BCUT2D eigenvalue weighted by atomic mass is 16.7. The van der Waals surface area contributed by atoms with Crippen LogP contribution in [0.2, 0.25) is 0 Å². The SMILES string of the molecule is Cc1ccc(Oc2cccc(CCC(=O)ON[C@](C)(Cc3ccccc3)c3ccccc3)c2)cc1. The van der Waals surface area contributed by atoms with Gasteiger partial charge in [0.05, 0.1) is 12.0 Å². The molecule has 0 saturated carbocycles. The third-order valence-electron chi connectivity index (χ3n) is 5.97. The van der Waals surface area contributed by atoms with Gasteiger partial charge in [0.2, 0.25) is 0 Å². The molecule has 178 valence electrons. The number of ether oxygens (including phenoxy) is 1. The molecule has 0 unspecified atom stereocenters. The van der Waals surface area contributed by atoms with E-state index in [0.29, 0.717) is 12.8 Å². The van der Waals surface area contributed by atoms with E-state index in [2.05, 4.69) is 24.5 Å². The number of carbonyl (C=O) groups excluding carboxylic acids is 1. The lowest BCUT2D eigenvalue weighted by molar-refractivity contribution is -0.156. The Morgan fingerprint density at radius 1 is 0.771 bits per heavy atom. The van der Waals surface area contributed by atoms with Gasteiger partial charge in [-0.2, -0.15) is 0 Å². The van der Waals surface area contributed by atoms with Crippen molar-refractivity contribution < 1.29 is 14.4 Å². The first-order valence-electron chi connectivity index (χ1n) is 11.9. The van der Waals surface area contributed by atoms with Gasteiger partial charge in [-0.15, -0.1) is 5.48 Å². The number of benzene rings is 4. The molecule has 4 aromatic carbocycles. The first-order chi connectivity index (χ1) is 17.0. The summed E-state index contributed by atoms with van der Waals surface area (Å²) in [5.41, 5.74) is 6.93. The molecule has 0 aliphatic heterocycles. The van der Waals surface area contributed by atoms with Crippen molar-refractivity contribution in [2.45, 2.75) is 38.6 Å². The topological polar surface area (TPSA) is 47.6 Å². The standard InChI is InChI=1S/C31H31NO3/c1-24-16-19-28(20-17-24)34-29-15-9-12-25(22-29)18-21-30(33)35-32-31(2,27-13-7-4-8-14-27)23-26-10-5-3-6-11-26/h3-17,19-20,22,32H,18,21,23H2,1-2H3/t31-/m1/s1. The Hall–Kier alpha value is -3.89. The van der Waals surface area contributed by atoms with Crippen LogP contribution in [-0.2, 0) is 28.0 Å². The van der Waals surface area contributed by atoms with Crippen LogP contribution in [-0.4, -0.2) is 5.97 Å². The van der Waals surface area contributed by atoms with E-state index in [9.17, 15) is 4.79 Å².